The highest BCUT2D eigenvalue weighted by atomic mass is 15.1. The number of aromatic nitrogens is 2. The van der Waals surface area contributed by atoms with Crippen molar-refractivity contribution < 1.29 is 0 Å². The van der Waals surface area contributed by atoms with E-state index in [1.165, 1.54) is 0 Å². The average Bonchev–Trinajstić information content (AvgIpc) is 2.13. The van der Waals surface area contributed by atoms with Crippen LogP contribution in [-0.2, 0) is 0 Å². The van der Waals surface area contributed by atoms with Crippen LogP contribution in [0.15, 0.2) is 12.4 Å². The fourth-order valence-corrected chi connectivity index (χ4v) is 0.814. The summed E-state index contributed by atoms with van der Waals surface area (Å²) in [6.07, 6.45) is 3.70. The van der Waals surface area contributed by atoms with Crippen LogP contribution in [0.5, 0.6) is 0 Å². The maximum Gasteiger partial charge on any atom is 0.109 e. The summed E-state index contributed by atoms with van der Waals surface area (Å²) in [6.45, 7) is 7.97. The fraction of sp³-hybridized carbons (Fsp3) is 0.429. The largest absolute Gasteiger partial charge is 0.332 e. The Morgan fingerprint density at radius 3 is 2.56 bits per heavy atom. The Kier molecular flexibility index (Phi) is 1.56. The van der Waals surface area contributed by atoms with E-state index in [0.717, 1.165) is 5.82 Å². The molecular weight excluding hydrogens is 112 g/mol. The Hall–Kier alpha value is -0.790. The number of hydrogen-bond acceptors (Lipinski definition) is 1. The van der Waals surface area contributed by atoms with Crippen molar-refractivity contribution in [2.75, 3.05) is 0 Å². The van der Waals surface area contributed by atoms with E-state index in [2.05, 4.69) is 25.8 Å². The quantitative estimate of drug-likeness (QED) is 0.555. The molecule has 0 aliphatic carbocycles. The standard InChI is InChI=1S/C7H11N2/c1-6(2)9-5-4-8-7(9)3/h4-6H,3H2,1-2H3. The number of rotatable bonds is 1. The summed E-state index contributed by atoms with van der Waals surface area (Å²) in [6, 6.07) is 0.472. The third kappa shape index (κ3) is 1.12. The van der Waals surface area contributed by atoms with E-state index in [4.69, 9.17) is 0 Å². The van der Waals surface area contributed by atoms with E-state index < -0.39 is 0 Å². The zero-order valence-corrected chi connectivity index (χ0v) is 5.83. The third-order valence-corrected chi connectivity index (χ3v) is 1.31. The maximum atomic E-state index is 3.99. The lowest BCUT2D eigenvalue weighted by Crippen LogP contribution is -2.00. The minimum Gasteiger partial charge on any atom is -0.332 e. The lowest BCUT2D eigenvalue weighted by atomic mass is 10.4. The molecule has 0 atom stereocenters. The van der Waals surface area contributed by atoms with Gasteiger partial charge >= 0.3 is 0 Å². The van der Waals surface area contributed by atoms with Crippen LogP contribution in [0.2, 0.25) is 0 Å². The molecule has 0 spiro atoms. The predicted octanol–water partition coefficient (Wildman–Crippen LogP) is 1.65. The van der Waals surface area contributed by atoms with E-state index in [9.17, 15) is 0 Å². The van der Waals surface area contributed by atoms with Gasteiger partial charge in [0.1, 0.15) is 5.82 Å². The highest BCUT2D eigenvalue weighted by Crippen LogP contribution is 2.05. The Morgan fingerprint density at radius 1 is 1.67 bits per heavy atom. The molecule has 0 unspecified atom stereocenters. The van der Waals surface area contributed by atoms with Gasteiger partial charge in [-0.25, -0.2) is 4.98 Å². The molecule has 0 aliphatic heterocycles. The molecule has 1 heterocycles. The summed E-state index contributed by atoms with van der Waals surface area (Å²) in [5.41, 5.74) is 0. The van der Waals surface area contributed by atoms with Crippen LogP contribution in [0.1, 0.15) is 25.7 Å². The van der Waals surface area contributed by atoms with Crippen LogP contribution in [0, 0.1) is 6.92 Å². The zero-order chi connectivity index (χ0) is 6.85. The molecule has 0 N–H and O–H groups in total. The van der Waals surface area contributed by atoms with Gasteiger partial charge in [-0.2, -0.15) is 0 Å². The second-order valence-electron chi connectivity index (χ2n) is 2.34. The summed E-state index contributed by atoms with van der Waals surface area (Å²) in [7, 11) is 0. The van der Waals surface area contributed by atoms with Gasteiger partial charge in [-0.15, -0.1) is 0 Å². The molecule has 0 amide bonds. The van der Waals surface area contributed by atoms with Crippen LogP contribution in [0.3, 0.4) is 0 Å². The first-order valence-electron chi connectivity index (χ1n) is 3.06. The molecule has 0 aromatic carbocycles. The van der Waals surface area contributed by atoms with Crippen molar-refractivity contribution in [1.82, 2.24) is 9.55 Å². The van der Waals surface area contributed by atoms with Crippen LogP contribution in [0.25, 0.3) is 0 Å². The molecule has 0 saturated heterocycles. The van der Waals surface area contributed by atoms with Crippen molar-refractivity contribution >= 4 is 0 Å². The molecule has 2 heteroatoms. The molecular formula is C7H11N2. The minimum absolute atomic E-state index is 0.472. The van der Waals surface area contributed by atoms with E-state index in [1.54, 1.807) is 6.20 Å². The molecule has 9 heavy (non-hydrogen) atoms. The Labute approximate surface area is 55.5 Å². The average molecular weight is 123 g/mol. The van der Waals surface area contributed by atoms with Gasteiger partial charge in [0, 0.05) is 25.4 Å². The lowest BCUT2D eigenvalue weighted by molar-refractivity contribution is 0.590. The van der Waals surface area contributed by atoms with Crippen molar-refractivity contribution in [2.45, 2.75) is 19.9 Å². The van der Waals surface area contributed by atoms with Gasteiger partial charge in [-0.1, -0.05) is 0 Å². The molecule has 1 aromatic heterocycles. The van der Waals surface area contributed by atoms with Crippen LogP contribution >= 0.6 is 0 Å². The van der Waals surface area contributed by atoms with Crippen molar-refractivity contribution in [1.29, 1.82) is 0 Å². The van der Waals surface area contributed by atoms with Gasteiger partial charge in [-0.05, 0) is 13.8 Å². The SMILES string of the molecule is [CH2]c1nccn1C(C)C. The lowest BCUT2D eigenvalue weighted by Gasteiger charge is -2.06. The summed E-state index contributed by atoms with van der Waals surface area (Å²) in [5.74, 6) is 0.838. The van der Waals surface area contributed by atoms with Gasteiger partial charge in [0.05, 0.1) is 0 Å². The maximum absolute atomic E-state index is 3.99. The van der Waals surface area contributed by atoms with Crippen LogP contribution in [0.4, 0.5) is 0 Å². The molecule has 49 valence electrons. The van der Waals surface area contributed by atoms with E-state index in [1.807, 2.05) is 10.8 Å². The molecule has 1 aromatic rings. The second kappa shape index (κ2) is 2.21. The molecule has 0 aliphatic rings. The Balaban J connectivity index is 2.94. The van der Waals surface area contributed by atoms with Crippen LogP contribution in [-0.4, -0.2) is 9.55 Å². The van der Waals surface area contributed by atoms with Crippen LogP contribution < -0.4 is 0 Å². The molecule has 2 nitrogen and oxygen atoms in total. The minimum atomic E-state index is 0.472. The second-order valence-corrected chi connectivity index (χ2v) is 2.34. The van der Waals surface area contributed by atoms with Gasteiger partial charge in [-0.3, -0.25) is 0 Å². The summed E-state index contributed by atoms with van der Waals surface area (Å²) < 4.78 is 2.03. The normalized spacial score (nSPS) is 10.7. The van der Waals surface area contributed by atoms with Gasteiger partial charge in [0.2, 0.25) is 0 Å². The fourth-order valence-electron chi connectivity index (χ4n) is 0.814. The summed E-state index contributed by atoms with van der Waals surface area (Å²) in [4.78, 5) is 3.99. The molecule has 1 rings (SSSR count). The summed E-state index contributed by atoms with van der Waals surface area (Å²) in [5, 5.41) is 0. The number of hydrogen-bond donors (Lipinski definition) is 0. The summed E-state index contributed by atoms with van der Waals surface area (Å²) >= 11 is 0. The first-order valence-corrected chi connectivity index (χ1v) is 3.06. The van der Waals surface area contributed by atoms with Crippen molar-refractivity contribution in [3.05, 3.63) is 25.1 Å². The zero-order valence-electron chi connectivity index (χ0n) is 5.83. The predicted molar refractivity (Wildman–Crippen MR) is 37.1 cm³/mol. The van der Waals surface area contributed by atoms with Gasteiger partial charge in [0.25, 0.3) is 0 Å². The van der Waals surface area contributed by atoms with Crippen molar-refractivity contribution in [2.24, 2.45) is 0 Å². The smallest absolute Gasteiger partial charge is 0.109 e. The molecule has 0 saturated carbocycles. The highest BCUT2D eigenvalue weighted by Gasteiger charge is 1.98. The Bertz CT molecular complexity index is 189. The van der Waals surface area contributed by atoms with Gasteiger partial charge in [0.15, 0.2) is 0 Å². The van der Waals surface area contributed by atoms with Gasteiger partial charge < -0.3 is 4.57 Å². The van der Waals surface area contributed by atoms with E-state index in [0.29, 0.717) is 6.04 Å². The number of nitrogens with zero attached hydrogens (tertiary/aromatic N) is 2. The highest BCUT2D eigenvalue weighted by molar-refractivity contribution is 4.96. The Morgan fingerprint density at radius 2 is 2.33 bits per heavy atom. The number of imidazole rings is 1. The molecule has 0 fully saturated rings. The van der Waals surface area contributed by atoms with Crippen molar-refractivity contribution in [3.8, 4) is 0 Å². The molecule has 1 radical (unpaired) electrons. The van der Waals surface area contributed by atoms with E-state index in [-0.39, 0.29) is 0 Å². The first kappa shape index (κ1) is 6.33. The van der Waals surface area contributed by atoms with E-state index >= 15 is 0 Å². The molecule has 0 bridgehead atoms. The monoisotopic (exact) mass is 123 g/mol. The topological polar surface area (TPSA) is 17.8 Å². The first-order chi connectivity index (χ1) is 4.22. The van der Waals surface area contributed by atoms with Crippen molar-refractivity contribution in [3.63, 3.8) is 0 Å². The third-order valence-electron chi connectivity index (χ3n) is 1.31.